The summed E-state index contributed by atoms with van der Waals surface area (Å²) in [5.74, 6) is 0. The maximum absolute atomic E-state index is 6.01. The van der Waals surface area contributed by atoms with E-state index < -0.39 is 0 Å². The lowest BCUT2D eigenvalue weighted by Crippen LogP contribution is -1.85. The SMILES string of the molecule is c1cc(-c2cccc(-c3cccc(-c4ccc5oc6cnccc6c5c4)c3)c2)cc(-c2cccc(-c3ccc4oc5cnccc5c4c3)c2)c1. The van der Waals surface area contributed by atoms with Crippen molar-refractivity contribution in [2.45, 2.75) is 0 Å². The molecule has 0 aliphatic carbocycles. The van der Waals surface area contributed by atoms with Crippen LogP contribution in [0.25, 0.3) is 99.5 Å². The number of nitrogens with zero attached hydrogens (tertiary/aromatic N) is 2. The molecule has 0 spiro atoms. The Hall–Kier alpha value is -6.78. The van der Waals surface area contributed by atoms with Crippen molar-refractivity contribution < 1.29 is 8.83 Å². The number of furan rings is 2. The summed E-state index contributed by atoms with van der Waals surface area (Å²) in [5.41, 5.74) is 15.1. The summed E-state index contributed by atoms with van der Waals surface area (Å²) >= 11 is 0. The van der Waals surface area contributed by atoms with E-state index in [1.54, 1.807) is 12.4 Å². The molecule has 6 aromatic carbocycles. The summed E-state index contributed by atoms with van der Waals surface area (Å²) in [6.07, 6.45) is 7.18. The molecule has 0 amide bonds. The van der Waals surface area contributed by atoms with Crippen LogP contribution in [0.3, 0.4) is 0 Å². The van der Waals surface area contributed by atoms with Gasteiger partial charge >= 0.3 is 0 Å². The van der Waals surface area contributed by atoms with Gasteiger partial charge in [0.25, 0.3) is 0 Å². The zero-order valence-electron chi connectivity index (χ0n) is 26.9. The summed E-state index contributed by atoms with van der Waals surface area (Å²) in [7, 11) is 0. The van der Waals surface area contributed by atoms with Crippen molar-refractivity contribution in [3.63, 3.8) is 0 Å². The Morgan fingerprint density at radius 3 is 0.940 bits per heavy atom. The van der Waals surface area contributed by atoms with Gasteiger partial charge in [0.1, 0.15) is 11.2 Å². The fourth-order valence-corrected chi connectivity index (χ4v) is 7.14. The van der Waals surface area contributed by atoms with E-state index in [0.717, 1.165) is 66.1 Å². The average molecular weight is 641 g/mol. The highest BCUT2D eigenvalue weighted by molar-refractivity contribution is 6.07. The lowest BCUT2D eigenvalue weighted by atomic mass is 9.94. The lowest BCUT2D eigenvalue weighted by molar-refractivity contribution is 0.666. The standard InChI is InChI=1S/C46H28N2O2/c1-5-29(21-31(7-1)33-9-3-11-35(23-33)37-13-15-43-41(25-37)39-17-19-47-27-45(39)49-43)30-6-2-8-32(22-30)34-10-4-12-36(24-34)38-14-16-44-42(26-38)40-18-20-48-28-46(40)50-44/h1-28H. The smallest absolute Gasteiger partial charge is 0.153 e. The lowest BCUT2D eigenvalue weighted by Gasteiger charge is -2.11. The first kappa shape index (κ1) is 28.3. The molecule has 0 bridgehead atoms. The molecular weight excluding hydrogens is 613 g/mol. The molecule has 4 heterocycles. The van der Waals surface area contributed by atoms with E-state index in [2.05, 4.69) is 143 Å². The first-order valence-electron chi connectivity index (χ1n) is 16.7. The number of pyridine rings is 2. The van der Waals surface area contributed by atoms with E-state index in [-0.39, 0.29) is 0 Å². The number of aromatic nitrogens is 2. The molecule has 0 radical (unpaired) electrons. The van der Waals surface area contributed by atoms with Gasteiger partial charge in [0.05, 0.1) is 12.4 Å². The highest BCUT2D eigenvalue weighted by Crippen LogP contribution is 2.36. The van der Waals surface area contributed by atoms with Crippen LogP contribution in [-0.4, -0.2) is 9.97 Å². The molecule has 0 saturated heterocycles. The topological polar surface area (TPSA) is 52.1 Å². The van der Waals surface area contributed by atoms with Gasteiger partial charge in [-0.1, -0.05) is 84.9 Å². The van der Waals surface area contributed by atoms with Crippen molar-refractivity contribution in [2.24, 2.45) is 0 Å². The van der Waals surface area contributed by atoms with Crippen LogP contribution in [0.2, 0.25) is 0 Å². The highest BCUT2D eigenvalue weighted by atomic mass is 16.3. The third-order valence-corrected chi connectivity index (χ3v) is 9.67. The molecule has 10 rings (SSSR count). The van der Waals surface area contributed by atoms with Crippen LogP contribution >= 0.6 is 0 Å². The highest BCUT2D eigenvalue weighted by Gasteiger charge is 2.12. The van der Waals surface area contributed by atoms with Gasteiger partial charge < -0.3 is 8.83 Å². The van der Waals surface area contributed by atoms with Crippen LogP contribution in [0.5, 0.6) is 0 Å². The molecular formula is C46H28N2O2. The largest absolute Gasteiger partial charge is 0.454 e. The van der Waals surface area contributed by atoms with Crippen molar-refractivity contribution in [1.82, 2.24) is 9.97 Å². The van der Waals surface area contributed by atoms with Gasteiger partial charge in [0.15, 0.2) is 11.2 Å². The van der Waals surface area contributed by atoms with E-state index in [1.165, 1.54) is 33.4 Å². The third kappa shape index (κ3) is 4.85. The van der Waals surface area contributed by atoms with Gasteiger partial charge in [-0.3, -0.25) is 9.97 Å². The number of benzene rings is 6. The predicted octanol–water partition coefficient (Wildman–Crippen LogP) is 12.6. The molecule has 0 saturated carbocycles. The van der Waals surface area contributed by atoms with Crippen molar-refractivity contribution in [2.75, 3.05) is 0 Å². The number of hydrogen-bond donors (Lipinski definition) is 0. The van der Waals surface area contributed by atoms with E-state index in [4.69, 9.17) is 8.83 Å². The second-order valence-corrected chi connectivity index (χ2v) is 12.7. The van der Waals surface area contributed by atoms with E-state index >= 15 is 0 Å². The summed E-state index contributed by atoms with van der Waals surface area (Å²) in [4.78, 5) is 8.43. The Kier molecular flexibility index (Phi) is 6.46. The summed E-state index contributed by atoms with van der Waals surface area (Å²) in [5, 5.41) is 4.36. The minimum atomic E-state index is 0.807. The van der Waals surface area contributed by atoms with Crippen molar-refractivity contribution >= 4 is 43.9 Å². The molecule has 0 fully saturated rings. The molecule has 0 unspecified atom stereocenters. The van der Waals surface area contributed by atoms with E-state index in [0.29, 0.717) is 0 Å². The van der Waals surface area contributed by atoms with Gasteiger partial charge in [-0.25, -0.2) is 0 Å². The number of rotatable bonds is 5. The van der Waals surface area contributed by atoms with Crippen LogP contribution in [0.1, 0.15) is 0 Å². The van der Waals surface area contributed by atoms with Gasteiger partial charge in [-0.05, 0) is 116 Å². The minimum Gasteiger partial charge on any atom is -0.454 e. The minimum absolute atomic E-state index is 0.807. The Labute approximate surface area is 287 Å². The second kappa shape index (κ2) is 11.4. The van der Waals surface area contributed by atoms with Gasteiger partial charge in [0, 0.05) is 33.9 Å². The fraction of sp³-hybridized carbons (Fsp3) is 0. The molecule has 0 atom stereocenters. The fourth-order valence-electron chi connectivity index (χ4n) is 7.14. The Bertz CT molecular complexity index is 2700. The van der Waals surface area contributed by atoms with Crippen LogP contribution < -0.4 is 0 Å². The predicted molar refractivity (Wildman–Crippen MR) is 204 cm³/mol. The summed E-state index contributed by atoms with van der Waals surface area (Å²) < 4.78 is 12.0. The van der Waals surface area contributed by atoms with Crippen LogP contribution in [0, 0.1) is 0 Å². The monoisotopic (exact) mass is 640 g/mol. The molecule has 10 aromatic rings. The number of fused-ring (bicyclic) bond motifs is 6. The zero-order valence-corrected chi connectivity index (χ0v) is 26.9. The maximum atomic E-state index is 6.01. The van der Waals surface area contributed by atoms with Crippen LogP contribution in [-0.2, 0) is 0 Å². The molecule has 0 N–H and O–H groups in total. The Balaban J connectivity index is 0.968. The van der Waals surface area contributed by atoms with E-state index in [9.17, 15) is 0 Å². The van der Waals surface area contributed by atoms with Crippen molar-refractivity contribution in [1.29, 1.82) is 0 Å². The Morgan fingerprint density at radius 2 is 0.600 bits per heavy atom. The first-order valence-corrected chi connectivity index (χ1v) is 16.7. The first-order chi connectivity index (χ1) is 24.7. The molecule has 0 aliphatic heterocycles. The second-order valence-electron chi connectivity index (χ2n) is 12.7. The van der Waals surface area contributed by atoms with Crippen molar-refractivity contribution in [3.05, 3.63) is 170 Å². The van der Waals surface area contributed by atoms with Crippen LogP contribution in [0.15, 0.2) is 179 Å². The van der Waals surface area contributed by atoms with Crippen molar-refractivity contribution in [3.8, 4) is 55.6 Å². The quantitative estimate of drug-likeness (QED) is 0.188. The summed E-state index contributed by atoms with van der Waals surface area (Å²) in [6, 6.07) is 52.0. The maximum Gasteiger partial charge on any atom is 0.153 e. The number of hydrogen-bond acceptors (Lipinski definition) is 4. The Morgan fingerprint density at radius 1 is 0.280 bits per heavy atom. The molecule has 4 heteroatoms. The van der Waals surface area contributed by atoms with Gasteiger partial charge in [-0.15, -0.1) is 0 Å². The van der Waals surface area contributed by atoms with Crippen LogP contribution in [0.4, 0.5) is 0 Å². The third-order valence-electron chi connectivity index (χ3n) is 9.67. The normalized spacial score (nSPS) is 11.6. The van der Waals surface area contributed by atoms with Gasteiger partial charge in [0.2, 0.25) is 0 Å². The summed E-state index contributed by atoms with van der Waals surface area (Å²) in [6.45, 7) is 0. The molecule has 4 nitrogen and oxygen atoms in total. The molecule has 4 aromatic heterocycles. The van der Waals surface area contributed by atoms with Gasteiger partial charge in [-0.2, -0.15) is 0 Å². The molecule has 50 heavy (non-hydrogen) atoms. The van der Waals surface area contributed by atoms with E-state index in [1.807, 2.05) is 24.5 Å². The molecule has 0 aliphatic rings. The zero-order chi connectivity index (χ0) is 33.0. The average Bonchev–Trinajstić information content (AvgIpc) is 3.76. The molecule has 234 valence electrons.